The van der Waals surface area contributed by atoms with Gasteiger partial charge in [-0.1, -0.05) is 13.3 Å². The maximum Gasteiger partial charge on any atom is 0.244 e. The van der Waals surface area contributed by atoms with E-state index < -0.39 is 0 Å². The van der Waals surface area contributed by atoms with Crippen LogP contribution in [0.15, 0.2) is 18.2 Å². The Labute approximate surface area is 137 Å². The van der Waals surface area contributed by atoms with Crippen molar-refractivity contribution in [1.82, 2.24) is 4.90 Å². The maximum atomic E-state index is 12.7. The highest BCUT2D eigenvalue weighted by Gasteiger charge is 2.32. The van der Waals surface area contributed by atoms with E-state index in [9.17, 15) is 9.90 Å². The molecule has 0 unspecified atom stereocenters. The average molecular weight is 318 g/mol. The molecule has 1 aliphatic carbocycles. The van der Waals surface area contributed by atoms with Crippen molar-refractivity contribution in [2.75, 3.05) is 31.6 Å². The summed E-state index contributed by atoms with van der Waals surface area (Å²) >= 11 is 0. The van der Waals surface area contributed by atoms with Crippen LogP contribution >= 0.6 is 0 Å². The number of phenols is 1. The molecule has 1 aliphatic heterocycles. The van der Waals surface area contributed by atoms with Gasteiger partial charge in [-0.15, -0.1) is 0 Å². The van der Waals surface area contributed by atoms with Gasteiger partial charge in [0.1, 0.15) is 11.8 Å². The number of morpholine rings is 1. The zero-order valence-electron chi connectivity index (χ0n) is 13.8. The largest absolute Gasteiger partial charge is 0.508 e. The number of carbonyl (C=O) groups excluding carboxylic acids is 1. The number of benzene rings is 1. The summed E-state index contributed by atoms with van der Waals surface area (Å²) in [7, 11) is 0. The van der Waals surface area contributed by atoms with Crippen LogP contribution in [0.25, 0.3) is 0 Å². The number of carbonyl (C=O) groups is 1. The Morgan fingerprint density at radius 2 is 2.26 bits per heavy atom. The minimum atomic E-state index is -0.220. The fraction of sp³-hybridized carbons (Fsp3) is 0.611. The number of amides is 1. The van der Waals surface area contributed by atoms with Crippen LogP contribution in [-0.4, -0.2) is 48.3 Å². The number of hydrogen-bond acceptors (Lipinski definition) is 4. The van der Waals surface area contributed by atoms with Gasteiger partial charge in [-0.2, -0.15) is 0 Å². The molecule has 2 fully saturated rings. The van der Waals surface area contributed by atoms with Gasteiger partial charge in [0, 0.05) is 18.8 Å². The van der Waals surface area contributed by atoms with E-state index in [1.54, 1.807) is 18.2 Å². The number of aromatic hydroxyl groups is 1. The van der Waals surface area contributed by atoms with E-state index in [1.807, 2.05) is 6.92 Å². The highest BCUT2D eigenvalue weighted by atomic mass is 16.5. The van der Waals surface area contributed by atoms with Gasteiger partial charge >= 0.3 is 0 Å². The lowest BCUT2D eigenvalue weighted by Crippen LogP contribution is -2.53. The number of rotatable bonds is 5. The Bertz CT molecular complexity index is 557. The Balaban J connectivity index is 1.67. The average Bonchev–Trinajstić information content (AvgIpc) is 2.53. The van der Waals surface area contributed by atoms with Gasteiger partial charge in [0.15, 0.2) is 0 Å². The molecule has 0 spiro atoms. The lowest BCUT2D eigenvalue weighted by atomic mass is 9.84. The van der Waals surface area contributed by atoms with E-state index in [4.69, 9.17) is 4.74 Å². The molecule has 5 heteroatoms. The van der Waals surface area contributed by atoms with Crippen LogP contribution in [0.3, 0.4) is 0 Å². The Morgan fingerprint density at radius 3 is 2.96 bits per heavy atom. The summed E-state index contributed by atoms with van der Waals surface area (Å²) in [5.41, 5.74) is 1.73. The Morgan fingerprint density at radius 1 is 1.43 bits per heavy atom. The van der Waals surface area contributed by atoms with E-state index in [1.165, 1.54) is 19.3 Å². The van der Waals surface area contributed by atoms with Crippen molar-refractivity contribution in [2.24, 2.45) is 5.92 Å². The van der Waals surface area contributed by atoms with Gasteiger partial charge in [0.2, 0.25) is 5.91 Å². The molecule has 0 radical (unpaired) electrons. The first-order chi connectivity index (χ1) is 11.2. The molecule has 0 aromatic heterocycles. The van der Waals surface area contributed by atoms with Crippen molar-refractivity contribution in [1.29, 1.82) is 0 Å². The molecular weight excluding hydrogens is 292 g/mol. The van der Waals surface area contributed by atoms with E-state index in [0.29, 0.717) is 13.2 Å². The molecule has 1 heterocycles. The van der Waals surface area contributed by atoms with Crippen molar-refractivity contribution in [3.05, 3.63) is 23.8 Å². The van der Waals surface area contributed by atoms with Crippen LogP contribution in [0.2, 0.25) is 0 Å². The van der Waals surface area contributed by atoms with Crippen LogP contribution in [-0.2, 0) is 16.0 Å². The van der Waals surface area contributed by atoms with Crippen molar-refractivity contribution < 1.29 is 14.6 Å². The minimum Gasteiger partial charge on any atom is -0.508 e. The second-order valence-corrected chi connectivity index (χ2v) is 6.57. The molecule has 0 bridgehead atoms. The van der Waals surface area contributed by atoms with Crippen LogP contribution in [0.5, 0.6) is 5.75 Å². The predicted octanol–water partition coefficient (Wildman–Crippen LogP) is 2.39. The molecule has 1 saturated carbocycles. The molecule has 1 atom stereocenters. The zero-order chi connectivity index (χ0) is 16.2. The topological polar surface area (TPSA) is 61.8 Å². The van der Waals surface area contributed by atoms with E-state index >= 15 is 0 Å². The van der Waals surface area contributed by atoms with Gasteiger partial charge in [-0.3, -0.25) is 9.69 Å². The van der Waals surface area contributed by atoms with Crippen molar-refractivity contribution in [3.8, 4) is 5.75 Å². The molecular formula is C18H26N2O3. The summed E-state index contributed by atoms with van der Waals surface area (Å²) in [6, 6.07) is 4.87. The summed E-state index contributed by atoms with van der Waals surface area (Å²) in [4.78, 5) is 15.0. The zero-order valence-corrected chi connectivity index (χ0v) is 13.8. The number of anilines is 1. The lowest BCUT2D eigenvalue weighted by Gasteiger charge is -2.39. The third kappa shape index (κ3) is 3.85. The standard InChI is InChI=1S/C18H26N2O3/c1-2-14-10-15(21)6-7-16(14)19-18(22)17-12-23-9-8-20(17)11-13-4-3-5-13/h6-7,10,13,17,21H,2-5,8-9,11-12H2,1H3,(H,19,22)/t17-/m1/s1. The number of aryl methyl sites for hydroxylation is 1. The maximum absolute atomic E-state index is 12.7. The summed E-state index contributed by atoms with van der Waals surface area (Å²) < 4.78 is 5.54. The third-order valence-electron chi connectivity index (χ3n) is 4.99. The van der Waals surface area contributed by atoms with Crippen molar-refractivity contribution >= 4 is 11.6 Å². The lowest BCUT2D eigenvalue weighted by molar-refractivity contribution is -0.128. The van der Waals surface area contributed by atoms with Crippen LogP contribution in [0, 0.1) is 5.92 Å². The van der Waals surface area contributed by atoms with Crippen LogP contribution in [0.4, 0.5) is 5.69 Å². The highest BCUT2D eigenvalue weighted by Crippen LogP contribution is 2.28. The predicted molar refractivity (Wildman–Crippen MR) is 89.6 cm³/mol. The first-order valence-corrected chi connectivity index (χ1v) is 8.62. The molecule has 126 valence electrons. The molecule has 2 aliphatic rings. The van der Waals surface area contributed by atoms with E-state index in [0.717, 1.165) is 36.7 Å². The normalized spacial score (nSPS) is 22.6. The summed E-state index contributed by atoms with van der Waals surface area (Å²) in [6.07, 6.45) is 4.64. The number of hydrogen-bond donors (Lipinski definition) is 2. The summed E-state index contributed by atoms with van der Waals surface area (Å²) in [5.74, 6) is 0.958. The molecule has 1 amide bonds. The van der Waals surface area contributed by atoms with Gasteiger partial charge in [0.05, 0.1) is 13.2 Å². The highest BCUT2D eigenvalue weighted by molar-refractivity contribution is 5.95. The second-order valence-electron chi connectivity index (χ2n) is 6.57. The Hall–Kier alpha value is -1.59. The van der Waals surface area contributed by atoms with Gasteiger partial charge in [0.25, 0.3) is 0 Å². The number of ether oxygens (including phenoxy) is 1. The van der Waals surface area contributed by atoms with Gasteiger partial charge in [-0.25, -0.2) is 0 Å². The van der Waals surface area contributed by atoms with Crippen molar-refractivity contribution in [2.45, 2.75) is 38.6 Å². The fourth-order valence-electron chi connectivity index (χ4n) is 3.32. The molecule has 2 N–H and O–H groups in total. The summed E-state index contributed by atoms with van der Waals surface area (Å²) in [5, 5.41) is 12.6. The van der Waals surface area contributed by atoms with E-state index in [-0.39, 0.29) is 17.7 Å². The van der Waals surface area contributed by atoms with Crippen LogP contribution < -0.4 is 5.32 Å². The number of nitrogens with zero attached hydrogens (tertiary/aromatic N) is 1. The van der Waals surface area contributed by atoms with Gasteiger partial charge in [-0.05, 0) is 48.9 Å². The van der Waals surface area contributed by atoms with Crippen LogP contribution in [0.1, 0.15) is 31.7 Å². The quantitative estimate of drug-likeness (QED) is 0.818. The third-order valence-corrected chi connectivity index (χ3v) is 4.99. The smallest absolute Gasteiger partial charge is 0.244 e. The number of phenolic OH excluding ortho intramolecular Hbond substituents is 1. The molecule has 23 heavy (non-hydrogen) atoms. The minimum absolute atomic E-state index is 0.00980. The number of nitrogens with one attached hydrogen (secondary N) is 1. The first kappa shape index (κ1) is 16.3. The molecule has 1 aromatic carbocycles. The molecule has 5 nitrogen and oxygen atoms in total. The summed E-state index contributed by atoms with van der Waals surface area (Å²) in [6.45, 7) is 4.99. The molecule has 3 rings (SSSR count). The fourth-order valence-corrected chi connectivity index (χ4v) is 3.32. The molecule has 1 aromatic rings. The first-order valence-electron chi connectivity index (χ1n) is 8.62. The van der Waals surface area contributed by atoms with Crippen molar-refractivity contribution in [3.63, 3.8) is 0 Å². The second kappa shape index (κ2) is 7.32. The molecule has 1 saturated heterocycles. The van der Waals surface area contributed by atoms with E-state index in [2.05, 4.69) is 10.2 Å². The monoisotopic (exact) mass is 318 g/mol. The SMILES string of the molecule is CCc1cc(O)ccc1NC(=O)[C@H]1COCCN1CC1CCC1. The van der Waals surface area contributed by atoms with Gasteiger partial charge < -0.3 is 15.2 Å². The Kier molecular flexibility index (Phi) is 5.18.